The third-order valence-corrected chi connectivity index (χ3v) is 5.58. The molecule has 1 atom stereocenters. The van der Waals surface area contributed by atoms with Gasteiger partial charge in [-0.2, -0.15) is 11.8 Å². The van der Waals surface area contributed by atoms with Gasteiger partial charge in [0.1, 0.15) is 11.6 Å². The average Bonchev–Trinajstić information content (AvgIpc) is 2.86. The normalized spacial score (nSPS) is 19.0. The Kier molecular flexibility index (Phi) is 4.96. The molecule has 0 amide bonds. The van der Waals surface area contributed by atoms with Crippen molar-refractivity contribution in [2.24, 2.45) is 0 Å². The number of aromatic nitrogens is 2. The van der Waals surface area contributed by atoms with E-state index in [0.29, 0.717) is 11.1 Å². The molecule has 3 rings (SSSR count). The van der Waals surface area contributed by atoms with E-state index in [4.69, 9.17) is 21.3 Å². The van der Waals surface area contributed by atoms with Crippen LogP contribution in [0.15, 0.2) is 18.2 Å². The Morgan fingerprint density at radius 1 is 1.43 bits per heavy atom. The van der Waals surface area contributed by atoms with Gasteiger partial charge in [0.05, 0.1) is 18.1 Å². The Morgan fingerprint density at radius 2 is 2.33 bits per heavy atom. The van der Waals surface area contributed by atoms with E-state index in [2.05, 4.69) is 22.4 Å². The highest BCUT2D eigenvalue weighted by molar-refractivity contribution is 7.99. The monoisotopic (exact) mass is 324 g/mol. The molecule has 0 spiro atoms. The van der Waals surface area contributed by atoms with E-state index in [0.717, 1.165) is 30.1 Å². The number of halogens is 1. The summed E-state index contributed by atoms with van der Waals surface area (Å²) in [5, 5.41) is 0.691. The second-order valence-electron chi connectivity index (χ2n) is 5.42. The van der Waals surface area contributed by atoms with Gasteiger partial charge in [0.15, 0.2) is 0 Å². The predicted octanol–water partition coefficient (Wildman–Crippen LogP) is 4.11. The Hall–Kier alpha value is -0.870. The van der Waals surface area contributed by atoms with Gasteiger partial charge in [0.2, 0.25) is 0 Å². The third-order valence-electron chi connectivity index (χ3n) is 4.01. The molecule has 0 N–H and O–H groups in total. The molecule has 1 aromatic carbocycles. The molecule has 114 valence electrons. The van der Waals surface area contributed by atoms with Gasteiger partial charge in [-0.25, -0.2) is 4.98 Å². The Balaban J connectivity index is 1.96. The summed E-state index contributed by atoms with van der Waals surface area (Å²) in [5.41, 5.74) is 2.21. The molecule has 2 heterocycles. The maximum atomic E-state index is 5.95. The van der Waals surface area contributed by atoms with E-state index in [9.17, 15) is 0 Å². The standard InChI is InChI=1S/C16H21ClN2OS/c1-20-12-5-6-14-15(10-12)19(16(18-14)7-8-17)11-13-4-2-3-9-21-13/h5-6,10,13H,2-4,7-9,11H2,1H3. The summed E-state index contributed by atoms with van der Waals surface area (Å²) in [6.07, 6.45) is 4.82. The summed E-state index contributed by atoms with van der Waals surface area (Å²) in [5.74, 6) is 3.88. The van der Waals surface area contributed by atoms with Crippen LogP contribution in [0.1, 0.15) is 25.1 Å². The van der Waals surface area contributed by atoms with Crippen LogP contribution in [0, 0.1) is 0 Å². The summed E-state index contributed by atoms with van der Waals surface area (Å²) in [6.45, 7) is 1.03. The Bertz CT molecular complexity index is 608. The fraction of sp³-hybridized carbons (Fsp3) is 0.562. The van der Waals surface area contributed by atoms with Crippen molar-refractivity contribution >= 4 is 34.4 Å². The maximum Gasteiger partial charge on any atom is 0.121 e. The minimum Gasteiger partial charge on any atom is -0.497 e. The van der Waals surface area contributed by atoms with Gasteiger partial charge in [-0.15, -0.1) is 11.6 Å². The number of imidazole rings is 1. The van der Waals surface area contributed by atoms with Crippen LogP contribution in [0.3, 0.4) is 0 Å². The Morgan fingerprint density at radius 3 is 3.05 bits per heavy atom. The molecule has 5 heteroatoms. The number of hydrogen-bond donors (Lipinski definition) is 0. The SMILES string of the molecule is COc1ccc2nc(CCCl)n(CC3CCCCS3)c2c1. The zero-order chi connectivity index (χ0) is 14.7. The summed E-state index contributed by atoms with van der Waals surface area (Å²) in [7, 11) is 1.71. The fourth-order valence-electron chi connectivity index (χ4n) is 2.91. The lowest BCUT2D eigenvalue weighted by Gasteiger charge is -2.23. The summed E-state index contributed by atoms with van der Waals surface area (Å²) in [6, 6.07) is 6.10. The number of rotatable bonds is 5. The van der Waals surface area contributed by atoms with Crippen molar-refractivity contribution in [1.29, 1.82) is 0 Å². The van der Waals surface area contributed by atoms with E-state index in [1.54, 1.807) is 7.11 Å². The number of aryl methyl sites for hydroxylation is 1. The Labute approximate surface area is 135 Å². The van der Waals surface area contributed by atoms with Crippen molar-refractivity contribution in [3.8, 4) is 5.75 Å². The molecule has 1 fully saturated rings. The number of methoxy groups -OCH3 is 1. The molecular weight excluding hydrogens is 304 g/mol. The van der Waals surface area contributed by atoms with Crippen molar-refractivity contribution in [3.63, 3.8) is 0 Å². The molecule has 1 unspecified atom stereocenters. The van der Waals surface area contributed by atoms with E-state index in [1.807, 2.05) is 12.1 Å². The van der Waals surface area contributed by atoms with E-state index in [1.165, 1.54) is 30.5 Å². The molecule has 1 saturated heterocycles. The van der Waals surface area contributed by atoms with Crippen LogP contribution < -0.4 is 4.74 Å². The third kappa shape index (κ3) is 3.32. The average molecular weight is 325 g/mol. The zero-order valence-electron chi connectivity index (χ0n) is 12.3. The van der Waals surface area contributed by atoms with Crippen molar-refractivity contribution < 1.29 is 4.74 Å². The summed E-state index contributed by atoms with van der Waals surface area (Å²) >= 11 is 8.05. The second kappa shape index (κ2) is 6.93. The first-order chi connectivity index (χ1) is 10.3. The number of fused-ring (bicyclic) bond motifs is 1. The quantitative estimate of drug-likeness (QED) is 0.774. The predicted molar refractivity (Wildman–Crippen MR) is 90.8 cm³/mol. The summed E-state index contributed by atoms with van der Waals surface area (Å²) in [4.78, 5) is 4.76. The molecular formula is C16H21ClN2OS. The first-order valence-electron chi connectivity index (χ1n) is 7.52. The highest BCUT2D eigenvalue weighted by Crippen LogP contribution is 2.29. The van der Waals surface area contributed by atoms with Crippen LogP contribution in [0.5, 0.6) is 5.75 Å². The van der Waals surface area contributed by atoms with E-state index in [-0.39, 0.29) is 0 Å². The van der Waals surface area contributed by atoms with E-state index >= 15 is 0 Å². The first kappa shape index (κ1) is 15.0. The number of nitrogens with zero attached hydrogens (tertiary/aromatic N) is 2. The molecule has 0 saturated carbocycles. The molecule has 3 nitrogen and oxygen atoms in total. The zero-order valence-corrected chi connectivity index (χ0v) is 13.9. The number of hydrogen-bond acceptors (Lipinski definition) is 3. The first-order valence-corrected chi connectivity index (χ1v) is 9.11. The molecule has 0 aliphatic carbocycles. The van der Waals surface area contributed by atoms with Gasteiger partial charge < -0.3 is 9.30 Å². The fourth-order valence-corrected chi connectivity index (χ4v) is 4.37. The van der Waals surface area contributed by atoms with Crippen LogP contribution in [-0.2, 0) is 13.0 Å². The van der Waals surface area contributed by atoms with Gasteiger partial charge in [0, 0.05) is 30.2 Å². The number of thioether (sulfide) groups is 1. The number of ether oxygens (including phenoxy) is 1. The van der Waals surface area contributed by atoms with Gasteiger partial charge in [0.25, 0.3) is 0 Å². The maximum absolute atomic E-state index is 5.95. The van der Waals surface area contributed by atoms with Crippen molar-refractivity contribution in [3.05, 3.63) is 24.0 Å². The molecule has 1 aliphatic rings. The lowest BCUT2D eigenvalue weighted by atomic mass is 10.2. The molecule has 0 radical (unpaired) electrons. The van der Waals surface area contributed by atoms with E-state index < -0.39 is 0 Å². The minimum atomic E-state index is 0.609. The highest BCUT2D eigenvalue weighted by Gasteiger charge is 2.18. The highest BCUT2D eigenvalue weighted by atomic mass is 35.5. The molecule has 2 aromatic rings. The summed E-state index contributed by atoms with van der Waals surface area (Å²) < 4.78 is 7.71. The smallest absolute Gasteiger partial charge is 0.121 e. The van der Waals surface area contributed by atoms with Gasteiger partial charge in [-0.1, -0.05) is 6.42 Å². The molecule has 1 aromatic heterocycles. The lowest BCUT2D eigenvalue weighted by molar-refractivity contribution is 0.415. The molecule has 0 bridgehead atoms. The largest absolute Gasteiger partial charge is 0.497 e. The molecule has 21 heavy (non-hydrogen) atoms. The van der Waals surface area contributed by atoms with Crippen LogP contribution in [0.4, 0.5) is 0 Å². The number of alkyl halides is 1. The van der Waals surface area contributed by atoms with Gasteiger partial charge in [-0.3, -0.25) is 0 Å². The van der Waals surface area contributed by atoms with Crippen LogP contribution >= 0.6 is 23.4 Å². The minimum absolute atomic E-state index is 0.609. The second-order valence-corrected chi connectivity index (χ2v) is 7.21. The van der Waals surface area contributed by atoms with Crippen LogP contribution in [-0.4, -0.2) is 33.5 Å². The van der Waals surface area contributed by atoms with Crippen molar-refractivity contribution in [1.82, 2.24) is 9.55 Å². The molecule has 1 aliphatic heterocycles. The topological polar surface area (TPSA) is 27.1 Å². The lowest BCUT2D eigenvalue weighted by Crippen LogP contribution is -2.18. The van der Waals surface area contributed by atoms with Crippen LogP contribution in [0.2, 0.25) is 0 Å². The van der Waals surface area contributed by atoms with Crippen molar-refractivity contribution in [2.45, 2.75) is 37.5 Å². The van der Waals surface area contributed by atoms with Gasteiger partial charge >= 0.3 is 0 Å². The van der Waals surface area contributed by atoms with Crippen molar-refractivity contribution in [2.75, 3.05) is 18.7 Å². The van der Waals surface area contributed by atoms with Crippen LogP contribution in [0.25, 0.3) is 11.0 Å². The number of benzene rings is 1. The van der Waals surface area contributed by atoms with Gasteiger partial charge in [-0.05, 0) is 30.7 Å².